The van der Waals surface area contributed by atoms with E-state index in [9.17, 15) is 19.1 Å². The second-order valence-electron chi connectivity index (χ2n) is 4.13. The topological polar surface area (TPSA) is 77.8 Å². The first-order valence-corrected chi connectivity index (χ1v) is 5.53. The Morgan fingerprint density at radius 3 is 2.72 bits per heavy atom. The van der Waals surface area contributed by atoms with Gasteiger partial charge in [0.25, 0.3) is 5.91 Å². The van der Waals surface area contributed by atoms with Crippen LogP contribution in [0, 0.1) is 5.82 Å². The molecule has 0 radical (unpaired) electrons. The lowest BCUT2D eigenvalue weighted by Crippen LogP contribution is -2.40. The van der Waals surface area contributed by atoms with E-state index in [0.29, 0.717) is 12.8 Å². The number of amides is 1. The molecule has 1 fully saturated rings. The first kappa shape index (κ1) is 12.3. The summed E-state index contributed by atoms with van der Waals surface area (Å²) in [5.74, 6) is -3.22. The first-order chi connectivity index (χ1) is 8.52. The fraction of sp³-hybridized carbons (Fsp3) is 0.333. The number of carbonyl (C=O) groups is 2. The highest BCUT2D eigenvalue weighted by molar-refractivity contribution is 5.99. The standard InChI is InChI=1S/C12H12FNO4/c13-7-3-1-5-9(15)10(7)11(16)14-6-2-4-8(14)12(17)18/h1,3,5,8,15H,2,4,6H2,(H,17,18)/t8-/m0/s1. The number of phenols is 1. The van der Waals surface area contributed by atoms with Crippen molar-refractivity contribution < 1.29 is 24.2 Å². The van der Waals surface area contributed by atoms with Crippen molar-refractivity contribution in [1.82, 2.24) is 4.90 Å². The molecule has 0 spiro atoms. The van der Waals surface area contributed by atoms with Crippen molar-refractivity contribution in [2.24, 2.45) is 0 Å². The average molecular weight is 253 g/mol. The van der Waals surface area contributed by atoms with E-state index in [0.717, 1.165) is 11.0 Å². The predicted molar refractivity (Wildman–Crippen MR) is 59.8 cm³/mol. The largest absolute Gasteiger partial charge is 0.507 e. The molecular formula is C12H12FNO4. The second kappa shape index (κ2) is 4.64. The van der Waals surface area contributed by atoms with Gasteiger partial charge in [-0.05, 0) is 25.0 Å². The second-order valence-corrected chi connectivity index (χ2v) is 4.13. The van der Waals surface area contributed by atoms with Crippen LogP contribution in [0.15, 0.2) is 18.2 Å². The number of carbonyl (C=O) groups excluding carboxylic acids is 1. The van der Waals surface area contributed by atoms with Gasteiger partial charge in [0.2, 0.25) is 0 Å². The predicted octanol–water partition coefficient (Wildman–Crippen LogP) is 1.22. The van der Waals surface area contributed by atoms with Gasteiger partial charge < -0.3 is 15.1 Å². The van der Waals surface area contributed by atoms with Crippen molar-refractivity contribution in [1.29, 1.82) is 0 Å². The van der Waals surface area contributed by atoms with Crippen molar-refractivity contribution in [3.8, 4) is 5.75 Å². The van der Waals surface area contributed by atoms with Crippen molar-refractivity contribution >= 4 is 11.9 Å². The molecule has 2 rings (SSSR count). The molecule has 1 amide bonds. The highest BCUT2D eigenvalue weighted by Crippen LogP contribution is 2.26. The number of rotatable bonds is 2. The van der Waals surface area contributed by atoms with Gasteiger partial charge in [0.05, 0.1) is 0 Å². The van der Waals surface area contributed by atoms with Crippen LogP contribution in [0.2, 0.25) is 0 Å². The van der Waals surface area contributed by atoms with E-state index in [1.165, 1.54) is 12.1 Å². The maximum Gasteiger partial charge on any atom is 0.326 e. The third kappa shape index (κ3) is 2.01. The zero-order valence-electron chi connectivity index (χ0n) is 9.47. The Morgan fingerprint density at radius 2 is 2.11 bits per heavy atom. The highest BCUT2D eigenvalue weighted by Gasteiger charge is 2.36. The minimum absolute atomic E-state index is 0.254. The molecule has 2 N–H and O–H groups in total. The molecule has 0 bridgehead atoms. The quantitative estimate of drug-likeness (QED) is 0.830. The van der Waals surface area contributed by atoms with Gasteiger partial charge in [0, 0.05) is 6.54 Å². The van der Waals surface area contributed by atoms with Gasteiger partial charge in [-0.3, -0.25) is 4.79 Å². The molecule has 0 unspecified atom stereocenters. The molecule has 1 atom stereocenters. The van der Waals surface area contributed by atoms with Crippen LogP contribution in [-0.2, 0) is 4.79 Å². The number of phenolic OH excluding ortho intramolecular Hbond substituents is 1. The van der Waals surface area contributed by atoms with E-state index in [4.69, 9.17) is 5.11 Å². The summed E-state index contributed by atoms with van der Waals surface area (Å²) < 4.78 is 13.5. The van der Waals surface area contributed by atoms with Crippen LogP contribution in [-0.4, -0.2) is 39.6 Å². The fourth-order valence-corrected chi connectivity index (χ4v) is 2.13. The third-order valence-corrected chi connectivity index (χ3v) is 3.00. The summed E-state index contributed by atoms with van der Waals surface area (Å²) in [6.45, 7) is 0.254. The van der Waals surface area contributed by atoms with Crippen LogP contribution in [0.4, 0.5) is 4.39 Å². The molecule has 96 valence electrons. The molecule has 0 aliphatic carbocycles. The molecule has 1 aliphatic rings. The lowest BCUT2D eigenvalue weighted by atomic mass is 10.1. The normalized spacial score (nSPS) is 18.9. The average Bonchev–Trinajstić information content (AvgIpc) is 2.77. The zero-order chi connectivity index (χ0) is 13.3. The number of carboxylic acid groups (broad SMARTS) is 1. The Morgan fingerprint density at radius 1 is 1.39 bits per heavy atom. The summed E-state index contributed by atoms with van der Waals surface area (Å²) in [4.78, 5) is 24.1. The van der Waals surface area contributed by atoms with E-state index in [1.54, 1.807) is 0 Å². The monoisotopic (exact) mass is 253 g/mol. The summed E-state index contributed by atoms with van der Waals surface area (Å²) in [6, 6.07) is 2.58. The Balaban J connectivity index is 2.34. The summed E-state index contributed by atoms with van der Waals surface area (Å²) >= 11 is 0. The fourth-order valence-electron chi connectivity index (χ4n) is 2.13. The number of likely N-dealkylation sites (tertiary alicyclic amines) is 1. The number of benzene rings is 1. The van der Waals surface area contributed by atoms with Crippen LogP contribution in [0.5, 0.6) is 5.75 Å². The van der Waals surface area contributed by atoms with Gasteiger partial charge in [-0.2, -0.15) is 0 Å². The van der Waals surface area contributed by atoms with Crippen LogP contribution in [0.3, 0.4) is 0 Å². The molecule has 0 aromatic heterocycles. The van der Waals surface area contributed by atoms with E-state index in [2.05, 4.69) is 0 Å². The molecule has 1 aromatic carbocycles. The van der Waals surface area contributed by atoms with Crippen LogP contribution in [0.25, 0.3) is 0 Å². The highest BCUT2D eigenvalue weighted by atomic mass is 19.1. The summed E-state index contributed by atoms with van der Waals surface area (Å²) in [5, 5.41) is 18.5. The van der Waals surface area contributed by atoms with E-state index >= 15 is 0 Å². The number of aliphatic carboxylic acids is 1. The number of carboxylic acids is 1. The number of aromatic hydroxyl groups is 1. The number of halogens is 1. The zero-order valence-corrected chi connectivity index (χ0v) is 9.47. The van der Waals surface area contributed by atoms with E-state index in [1.807, 2.05) is 0 Å². The van der Waals surface area contributed by atoms with Gasteiger partial charge in [-0.15, -0.1) is 0 Å². The van der Waals surface area contributed by atoms with E-state index < -0.39 is 35.0 Å². The van der Waals surface area contributed by atoms with Crippen molar-refractivity contribution in [2.45, 2.75) is 18.9 Å². The molecule has 5 nitrogen and oxygen atoms in total. The molecule has 18 heavy (non-hydrogen) atoms. The van der Waals surface area contributed by atoms with Crippen molar-refractivity contribution in [2.75, 3.05) is 6.54 Å². The third-order valence-electron chi connectivity index (χ3n) is 3.00. The Hall–Kier alpha value is -2.11. The summed E-state index contributed by atoms with van der Waals surface area (Å²) in [6.07, 6.45) is 0.897. The first-order valence-electron chi connectivity index (χ1n) is 5.53. The Bertz CT molecular complexity index is 483. The van der Waals surface area contributed by atoms with Crippen molar-refractivity contribution in [3.05, 3.63) is 29.6 Å². The lowest BCUT2D eigenvalue weighted by Gasteiger charge is -2.21. The van der Waals surface area contributed by atoms with Crippen LogP contribution in [0.1, 0.15) is 23.2 Å². The van der Waals surface area contributed by atoms with Gasteiger partial charge >= 0.3 is 5.97 Å². The smallest absolute Gasteiger partial charge is 0.326 e. The molecule has 0 saturated carbocycles. The molecule has 1 aliphatic heterocycles. The van der Waals surface area contributed by atoms with Crippen LogP contribution >= 0.6 is 0 Å². The number of hydrogen-bond donors (Lipinski definition) is 2. The van der Waals surface area contributed by atoms with E-state index in [-0.39, 0.29) is 6.54 Å². The van der Waals surface area contributed by atoms with Crippen LogP contribution < -0.4 is 0 Å². The SMILES string of the molecule is O=C(O)[C@@H]1CCCN1C(=O)c1c(O)cccc1F. The lowest BCUT2D eigenvalue weighted by molar-refractivity contribution is -0.141. The van der Waals surface area contributed by atoms with Gasteiger partial charge in [-0.25, -0.2) is 9.18 Å². The number of hydrogen-bond acceptors (Lipinski definition) is 3. The maximum atomic E-state index is 13.5. The van der Waals surface area contributed by atoms with Gasteiger partial charge in [0.15, 0.2) is 0 Å². The molecule has 1 aromatic rings. The summed E-state index contributed by atoms with van der Waals surface area (Å²) in [5.41, 5.74) is -0.467. The maximum absolute atomic E-state index is 13.5. The Kier molecular flexibility index (Phi) is 3.18. The molecule has 1 saturated heterocycles. The minimum Gasteiger partial charge on any atom is -0.507 e. The summed E-state index contributed by atoms with van der Waals surface area (Å²) in [7, 11) is 0. The number of nitrogens with zero attached hydrogens (tertiary/aromatic N) is 1. The van der Waals surface area contributed by atoms with Gasteiger partial charge in [0.1, 0.15) is 23.2 Å². The minimum atomic E-state index is -1.11. The van der Waals surface area contributed by atoms with Crippen molar-refractivity contribution in [3.63, 3.8) is 0 Å². The Labute approximate surface area is 102 Å². The molecular weight excluding hydrogens is 241 g/mol. The van der Waals surface area contributed by atoms with Gasteiger partial charge in [-0.1, -0.05) is 6.07 Å². The molecule has 6 heteroatoms. The molecule has 1 heterocycles.